The fraction of sp³-hybridized carbons (Fsp3) is 0.889. The summed E-state index contributed by atoms with van der Waals surface area (Å²) < 4.78 is 5.40. The van der Waals surface area contributed by atoms with Gasteiger partial charge < -0.3 is 19.9 Å². The van der Waals surface area contributed by atoms with Crippen LogP contribution in [-0.4, -0.2) is 99.2 Å². The van der Waals surface area contributed by atoms with Gasteiger partial charge in [-0.3, -0.25) is 14.7 Å². The standard InChI is InChI=1S/C18H37N5O2/c1-6-19-18(21(5)15-17(24)23(7-2)8-3)20-13-16(4)14-22-9-11-25-12-10-22/h16H,6-15H2,1-5H3,(H,19,20). The lowest BCUT2D eigenvalue weighted by Gasteiger charge is -2.29. The highest BCUT2D eigenvalue weighted by atomic mass is 16.5. The normalized spacial score (nSPS) is 17.2. The summed E-state index contributed by atoms with van der Waals surface area (Å²) in [6.07, 6.45) is 0. The molecule has 1 saturated heterocycles. The van der Waals surface area contributed by atoms with Crippen molar-refractivity contribution in [1.82, 2.24) is 20.0 Å². The van der Waals surface area contributed by atoms with Crippen LogP contribution in [0.25, 0.3) is 0 Å². The molecule has 146 valence electrons. The fourth-order valence-electron chi connectivity index (χ4n) is 2.95. The van der Waals surface area contributed by atoms with Crippen molar-refractivity contribution in [1.29, 1.82) is 0 Å². The Morgan fingerprint density at radius 3 is 2.44 bits per heavy atom. The Morgan fingerprint density at radius 1 is 1.24 bits per heavy atom. The van der Waals surface area contributed by atoms with Crippen LogP contribution in [-0.2, 0) is 9.53 Å². The number of guanidine groups is 1. The van der Waals surface area contributed by atoms with Crippen LogP contribution < -0.4 is 5.32 Å². The summed E-state index contributed by atoms with van der Waals surface area (Å²) in [5, 5.41) is 3.29. The van der Waals surface area contributed by atoms with E-state index in [0.29, 0.717) is 12.5 Å². The van der Waals surface area contributed by atoms with Crippen molar-refractivity contribution in [2.24, 2.45) is 10.9 Å². The summed E-state index contributed by atoms with van der Waals surface area (Å²) in [7, 11) is 1.93. The molecule has 0 aromatic rings. The Bertz CT molecular complexity index is 406. The van der Waals surface area contributed by atoms with Gasteiger partial charge in [-0.05, 0) is 26.7 Å². The zero-order valence-electron chi connectivity index (χ0n) is 16.8. The number of ether oxygens (including phenoxy) is 1. The molecule has 0 bridgehead atoms. The van der Waals surface area contributed by atoms with Crippen molar-refractivity contribution < 1.29 is 9.53 Å². The lowest BCUT2D eigenvalue weighted by atomic mass is 10.1. The molecule has 1 unspecified atom stereocenters. The van der Waals surface area contributed by atoms with Crippen molar-refractivity contribution in [3.05, 3.63) is 0 Å². The number of hydrogen-bond donors (Lipinski definition) is 1. The number of carbonyl (C=O) groups is 1. The highest BCUT2D eigenvalue weighted by molar-refractivity contribution is 5.86. The first-order valence-electron chi connectivity index (χ1n) is 9.59. The van der Waals surface area contributed by atoms with Crippen molar-refractivity contribution in [2.75, 3.05) is 72.6 Å². The first kappa shape index (κ1) is 21.7. The van der Waals surface area contributed by atoms with E-state index in [4.69, 9.17) is 9.73 Å². The van der Waals surface area contributed by atoms with Crippen molar-refractivity contribution >= 4 is 11.9 Å². The summed E-state index contributed by atoms with van der Waals surface area (Å²) in [5.74, 6) is 1.41. The summed E-state index contributed by atoms with van der Waals surface area (Å²) in [6, 6.07) is 0. The first-order chi connectivity index (χ1) is 12.0. The Labute approximate surface area is 153 Å². The minimum absolute atomic E-state index is 0.138. The molecule has 1 fully saturated rings. The van der Waals surface area contributed by atoms with Gasteiger partial charge in [0.25, 0.3) is 0 Å². The molecule has 7 heteroatoms. The average molecular weight is 356 g/mol. The number of aliphatic imine (C=N–C) groups is 1. The number of amides is 1. The van der Waals surface area contributed by atoms with E-state index in [1.807, 2.05) is 37.6 Å². The van der Waals surface area contributed by atoms with Gasteiger partial charge in [0.2, 0.25) is 5.91 Å². The van der Waals surface area contributed by atoms with Gasteiger partial charge in [0.15, 0.2) is 5.96 Å². The maximum Gasteiger partial charge on any atom is 0.242 e. The zero-order chi connectivity index (χ0) is 18.7. The second-order valence-electron chi connectivity index (χ2n) is 6.63. The van der Waals surface area contributed by atoms with E-state index in [1.165, 1.54) is 0 Å². The van der Waals surface area contributed by atoms with E-state index in [-0.39, 0.29) is 5.91 Å². The number of rotatable bonds is 9. The molecule has 1 rings (SSSR count). The quantitative estimate of drug-likeness (QED) is 0.488. The number of nitrogens with one attached hydrogen (secondary N) is 1. The third kappa shape index (κ3) is 8.05. The van der Waals surface area contributed by atoms with Gasteiger partial charge in [0, 0.05) is 52.9 Å². The summed E-state index contributed by atoms with van der Waals surface area (Å²) in [6.45, 7) is 16.4. The van der Waals surface area contributed by atoms with Gasteiger partial charge in [-0.1, -0.05) is 6.92 Å². The molecule has 0 radical (unpaired) electrons. The predicted molar refractivity (Wildman–Crippen MR) is 103 cm³/mol. The number of likely N-dealkylation sites (N-methyl/N-ethyl adjacent to an activating group) is 2. The van der Waals surface area contributed by atoms with Gasteiger partial charge >= 0.3 is 0 Å². The van der Waals surface area contributed by atoms with Crippen LogP contribution in [0.4, 0.5) is 0 Å². The second kappa shape index (κ2) is 12.1. The molecule has 0 aromatic heterocycles. The molecule has 1 aliphatic heterocycles. The zero-order valence-corrected chi connectivity index (χ0v) is 16.8. The number of hydrogen-bond acceptors (Lipinski definition) is 4. The Hall–Kier alpha value is -1.34. The molecule has 7 nitrogen and oxygen atoms in total. The lowest BCUT2D eigenvalue weighted by Crippen LogP contribution is -2.46. The van der Waals surface area contributed by atoms with Gasteiger partial charge in [-0.2, -0.15) is 0 Å². The molecule has 0 spiro atoms. The topological polar surface area (TPSA) is 60.4 Å². The van der Waals surface area contributed by atoms with Crippen LogP contribution in [0.15, 0.2) is 4.99 Å². The van der Waals surface area contributed by atoms with Crippen LogP contribution in [0.3, 0.4) is 0 Å². The summed E-state index contributed by atoms with van der Waals surface area (Å²) in [4.78, 5) is 23.3. The maximum absolute atomic E-state index is 12.3. The van der Waals surface area contributed by atoms with Gasteiger partial charge in [-0.25, -0.2) is 0 Å². The Kier molecular flexibility index (Phi) is 10.5. The third-order valence-corrected chi connectivity index (χ3v) is 4.41. The van der Waals surface area contributed by atoms with E-state index in [1.54, 1.807) is 0 Å². The lowest BCUT2D eigenvalue weighted by molar-refractivity contribution is -0.131. The molecular weight excluding hydrogens is 318 g/mol. The Balaban J connectivity index is 2.54. The fourth-order valence-corrected chi connectivity index (χ4v) is 2.95. The molecule has 0 aromatic carbocycles. The largest absolute Gasteiger partial charge is 0.379 e. The highest BCUT2D eigenvalue weighted by Gasteiger charge is 2.16. The van der Waals surface area contributed by atoms with Crippen molar-refractivity contribution in [3.63, 3.8) is 0 Å². The van der Waals surface area contributed by atoms with Crippen LogP contribution in [0.1, 0.15) is 27.7 Å². The SMILES string of the molecule is CCNC(=NCC(C)CN1CCOCC1)N(C)CC(=O)N(CC)CC. The van der Waals surface area contributed by atoms with Crippen molar-refractivity contribution in [2.45, 2.75) is 27.7 Å². The van der Waals surface area contributed by atoms with Crippen molar-refractivity contribution in [3.8, 4) is 0 Å². The van der Waals surface area contributed by atoms with E-state index in [2.05, 4.69) is 17.1 Å². The molecule has 25 heavy (non-hydrogen) atoms. The van der Waals surface area contributed by atoms with Crippen LogP contribution in [0.2, 0.25) is 0 Å². The third-order valence-electron chi connectivity index (χ3n) is 4.41. The summed E-state index contributed by atoms with van der Waals surface area (Å²) in [5.41, 5.74) is 0. The van der Waals surface area contributed by atoms with E-state index in [0.717, 1.165) is 65.0 Å². The maximum atomic E-state index is 12.3. The molecular formula is C18H37N5O2. The molecule has 1 aliphatic rings. The average Bonchev–Trinajstić information content (AvgIpc) is 2.60. The van der Waals surface area contributed by atoms with Crippen LogP contribution in [0, 0.1) is 5.92 Å². The van der Waals surface area contributed by atoms with E-state index >= 15 is 0 Å². The van der Waals surface area contributed by atoms with E-state index in [9.17, 15) is 4.79 Å². The molecule has 1 N–H and O–H groups in total. The minimum atomic E-state index is 0.138. The molecule has 0 aliphatic carbocycles. The van der Waals surface area contributed by atoms with Gasteiger partial charge in [0.05, 0.1) is 19.8 Å². The molecule has 1 atom stereocenters. The predicted octanol–water partition coefficient (Wildman–Crippen LogP) is 0.720. The second-order valence-corrected chi connectivity index (χ2v) is 6.63. The number of nitrogens with zero attached hydrogens (tertiary/aromatic N) is 4. The first-order valence-corrected chi connectivity index (χ1v) is 9.59. The number of carbonyl (C=O) groups excluding carboxylic acids is 1. The molecule has 1 heterocycles. The van der Waals surface area contributed by atoms with Crippen LogP contribution >= 0.6 is 0 Å². The monoisotopic (exact) mass is 355 g/mol. The molecule has 1 amide bonds. The van der Waals surface area contributed by atoms with Crippen LogP contribution in [0.5, 0.6) is 0 Å². The van der Waals surface area contributed by atoms with Gasteiger partial charge in [-0.15, -0.1) is 0 Å². The summed E-state index contributed by atoms with van der Waals surface area (Å²) >= 11 is 0. The Morgan fingerprint density at radius 2 is 1.88 bits per heavy atom. The number of morpholine rings is 1. The van der Waals surface area contributed by atoms with E-state index < -0.39 is 0 Å². The minimum Gasteiger partial charge on any atom is -0.379 e. The molecule has 0 saturated carbocycles. The smallest absolute Gasteiger partial charge is 0.242 e. The van der Waals surface area contributed by atoms with Gasteiger partial charge in [0.1, 0.15) is 0 Å². The highest BCUT2D eigenvalue weighted by Crippen LogP contribution is 2.04.